The van der Waals surface area contributed by atoms with Crippen molar-refractivity contribution in [3.63, 3.8) is 0 Å². The molecule has 0 amide bonds. The molecule has 2 rings (SSSR count). The molecule has 0 aliphatic heterocycles. The van der Waals surface area contributed by atoms with Crippen LogP contribution in [0, 0.1) is 5.82 Å². The Hall–Kier alpha value is -1.94. The highest BCUT2D eigenvalue weighted by Gasteiger charge is 2.34. The predicted octanol–water partition coefficient (Wildman–Crippen LogP) is 2.56. The summed E-state index contributed by atoms with van der Waals surface area (Å²) >= 11 is 1.09. The SMILES string of the molecule is NNc1nnc(COc2ccc(F)c(C(F)(F)F)c2)s1. The molecule has 108 valence electrons. The Labute approximate surface area is 114 Å². The first-order valence-corrected chi connectivity index (χ1v) is 6.00. The van der Waals surface area contributed by atoms with E-state index in [9.17, 15) is 17.6 Å². The molecule has 0 saturated heterocycles. The quantitative estimate of drug-likeness (QED) is 0.516. The fraction of sp³-hybridized carbons (Fsp3) is 0.200. The molecular formula is C10H8F4N4OS. The minimum absolute atomic E-state index is 0.0950. The smallest absolute Gasteiger partial charge is 0.419 e. The van der Waals surface area contributed by atoms with Gasteiger partial charge >= 0.3 is 6.18 Å². The average Bonchev–Trinajstić information content (AvgIpc) is 2.84. The van der Waals surface area contributed by atoms with Gasteiger partial charge in [0.15, 0.2) is 5.01 Å². The van der Waals surface area contributed by atoms with Crippen LogP contribution in [-0.4, -0.2) is 10.2 Å². The second-order valence-corrected chi connectivity index (χ2v) is 4.64. The van der Waals surface area contributed by atoms with Gasteiger partial charge in [-0.15, -0.1) is 10.2 Å². The first kappa shape index (κ1) is 14.5. The van der Waals surface area contributed by atoms with Gasteiger partial charge in [-0.3, -0.25) is 5.43 Å². The van der Waals surface area contributed by atoms with Gasteiger partial charge in [-0.25, -0.2) is 10.2 Å². The number of rotatable bonds is 4. The number of nitrogen functional groups attached to an aromatic ring is 1. The van der Waals surface area contributed by atoms with Crippen LogP contribution < -0.4 is 16.0 Å². The first-order valence-electron chi connectivity index (χ1n) is 5.18. The molecule has 0 unspecified atom stereocenters. The molecule has 0 bridgehead atoms. The van der Waals surface area contributed by atoms with Crippen molar-refractivity contribution >= 4 is 16.5 Å². The predicted molar refractivity (Wildman–Crippen MR) is 63.5 cm³/mol. The molecule has 1 aromatic carbocycles. The number of hydrogen-bond acceptors (Lipinski definition) is 6. The number of benzene rings is 1. The van der Waals surface area contributed by atoms with Crippen LogP contribution in [0.1, 0.15) is 10.6 Å². The second kappa shape index (κ2) is 5.59. The van der Waals surface area contributed by atoms with Crippen molar-refractivity contribution in [3.8, 4) is 5.75 Å². The summed E-state index contributed by atoms with van der Waals surface area (Å²) in [5.74, 6) is 3.64. The summed E-state index contributed by atoms with van der Waals surface area (Å²) in [5, 5.41) is 8.08. The molecule has 0 saturated carbocycles. The van der Waals surface area contributed by atoms with E-state index in [1.165, 1.54) is 0 Å². The van der Waals surface area contributed by atoms with Crippen LogP contribution in [0.4, 0.5) is 22.7 Å². The number of aromatic nitrogens is 2. The normalized spacial score (nSPS) is 11.4. The van der Waals surface area contributed by atoms with E-state index in [-0.39, 0.29) is 12.4 Å². The van der Waals surface area contributed by atoms with Crippen LogP contribution in [-0.2, 0) is 12.8 Å². The zero-order valence-corrected chi connectivity index (χ0v) is 10.6. The number of nitrogens with zero attached hydrogens (tertiary/aromatic N) is 2. The van der Waals surface area contributed by atoms with Gasteiger partial charge in [0.2, 0.25) is 5.13 Å². The molecule has 0 aliphatic rings. The lowest BCUT2D eigenvalue weighted by Crippen LogP contribution is -2.08. The lowest BCUT2D eigenvalue weighted by Gasteiger charge is -2.10. The summed E-state index contributed by atoms with van der Waals surface area (Å²) in [6.07, 6.45) is -4.77. The van der Waals surface area contributed by atoms with Crippen LogP contribution >= 0.6 is 11.3 Å². The molecule has 1 aromatic heterocycles. The van der Waals surface area contributed by atoms with E-state index in [0.717, 1.165) is 17.4 Å². The minimum atomic E-state index is -4.77. The number of hydrazine groups is 1. The van der Waals surface area contributed by atoms with Crippen molar-refractivity contribution in [2.45, 2.75) is 12.8 Å². The molecule has 2 aromatic rings. The molecule has 0 spiro atoms. The zero-order valence-electron chi connectivity index (χ0n) is 9.74. The maximum absolute atomic E-state index is 13.1. The molecule has 5 nitrogen and oxygen atoms in total. The van der Waals surface area contributed by atoms with E-state index in [0.29, 0.717) is 22.3 Å². The van der Waals surface area contributed by atoms with Gasteiger partial charge in [0.25, 0.3) is 0 Å². The second-order valence-electron chi connectivity index (χ2n) is 3.57. The van der Waals surface area contributed by atoms with Crippen LogP contribution in [0.25, 0.3) is 0 Å². The van der Waals surface area contributed by atoms with Crippen molar-refractivity contribution in [2.75, 3.05) is 5.43 Å². The summed E-state index contributed by atoms with van der Waals surface area (Å²) in [7, 11) is 0. The standard InChI is InChI=1S/C10H8F4N4OS/c11-7-2-1-5(3-6(7)10(12,13)14)19-4-8-17-18-9(16-15)20-8/h1-3H,4,15H2,(H,16,18). The molecule has 3 N–H and O–H groups in total. The van der Waals surface area contributed by atoms with Crippen molar-refractivity contribution < 1.29 is 22.3 Å². The zero-order chi connectivity index (χ0) is 14.8. The van der Waals surface area contributed by atoms with Gasteiger partial charge in [-0.05, 0) is 18.2 Å². The number of anilines is 1. The molecular weight excluding hydrogens is 300 g/mol. The number of hydrogen-bond donors (Lipinski definition) is 2. The first-order chi connectivity index (χ1) is 9.40. The number of alkyl halides is 3. The Morgan fingerprint density at radius 3 is 2.65 bits per heavy atom. The van der Waals surface area contributed by atoms with Gasteiger partial charge in [0.1, 0.15) is 18.2 Å². The van der Waals surface area contributed by atoms with Gasteiger partial charge in [-0.1, -0.05) is 11.3 Å². The van der Waals surface area contributed by atoms with E-state index in [1.54, 1.807) is 0 Å². The molecule has 1 heterocycles. The number of nitrogens with two attached hydrogens (primary N) is 1. The van der Waals surface area contributed by atoms with Gasteiger partial charge < -0.3 is 4.74 Å². The molecule has 20 heavy (non-hydrogen) atoms. The fourth-order valence-electron chi connectivity index (χ4n) is 1.33. The Bertz CT molecular complexity index is 601. The fourth-order valence-corrected chi connectivity index (χ4v) is 1.89. The van der Waals surface area contributed by atoms with Crippen molar-refractivity contribution in [1.82, 2.24) is 10.2 Å². The van der Waals surface area contributed by atoms with E-state index in [1.807, 2.05) is 0 Å². The highest BCUT2D eigenvalue weighted by molar-refractivity contribution is 7.15. The maximum atomic E-state index is 13.1. The minimum Gasteiger partial charge on any atom is -0.486 e. The Morgan fingerprint density at radius 2 is 2.05 bits per heavy atom. The molecule has 10 heteroatoms. The Morgan fingerprint density at radius 1 is 1.30 bits per heavy atom. The molecule has 0 aliphatic carbocycles. The van der Waals surface area contributed by atoms with E-state index >= 15 is 0 Å². The van der Waals surface area contributed by atoms with Crippen molar-refractivity contribution in [1.29, 1.82) is 0 Å². The number of halogens is 4. The lowest BCUT2D eigenvalue weighted by atomic mass is 10.2. The monoisotopic (exact) mass is 308 g/mol. The number of ether oxygens (including phenoxy) is 1. The summed E-state index contributed by atoms with van der Waals surface area (Å²) in [6, 6.07) is 2.40. The van der Waals surface area contributed by atoms with E-state index in [4.69, 9.17) is 10.6 Å². The Kier molecular flexibility index (Phi) is 4.04. The largest absolute Gasteiger partial charge is 0.486 e. The summed E-state index contributed by atoms with van der Waals surface area (Å²) < 4.78 is 55.7. The average molecular weight is 308 g/mol. The molecule has 0 radical (unpaired) electrons. The Balaban J connectivity index is 2.10. The lowest BCUT2D eigenvalue weighted by molar-refractivity contribution is -0.140. The van der Waals surface area contributed by atoms with Crippen LogP contribution in [0.3, 0.4) is 0 Å². The van der Waals surface area contributed by atoms with Crippen molar-refractivity contribution in [3.05, 3.63) is 34.6 Å². The molecule has 0 atom stereocenters. The summed E-state index contributed by atoms with van der Waals surface area (Å²) in [6.45, 7) is -0.0950. The maximum Gasteiger partial charge on any atom is 0.419 e. The van der Waals surface area contributed by atoms with Gasteiger partial charge in [0.05, 0.1) is 5.56 Å². The van der Waals surface area contributed by atoms with Crippen LogP contribution in [0.5, 0.6) is 5.75 Å². The van der Waals surface area contributed by atoms with Crippen LogP contribution in [0.15, 0.2) is 18.2 Å². The third-order valence-corrected chi connectivity index (χ3v) is 3.02. The van der Waals surface area contributed by atoms with Gasteiger partial charge in [-0.2, -0.15) is 13.2 Å². The molecule has 0 fully saturated rings. The number of nitrogens with one attached hydrogen (secondary N) is 1. The van der Waals surface area contributed by atoms with E-state index < -0.39 is 17.6 Å². The van der Waals surface area contributed by atoms with Crippen LogP contribution in [0.2, 0.25) is 0 Å². The van der Waals surface area contributed by atoms with Crippen molar-refractivity contribution in [2.24, 2.45) is 5.84 Å². The highest BCUT2D eigenvalue weighted by Crippen LogP contribution is 2.33. The topological polar surface area (TPSA) is 73.1 Å². The summed E-state index contributed by atoms with van der Waals surface area (Å²) in [4.78, 5) is 0. The summed E-state index contributed by atoms with van der Waals surface area (Å²) in [5.41, 5.74) is 0.895. The highest BCUT2D eigenvalue weighted by atomic mass is 32.1. The van der Waals surface area contributed by atoms with E-state index in [2.05, 4.69) is 15.6 Å². The third-order valence-electron chi connectivity index (χ3n) is 2.20. The third kappa shape index (κ3) is 3.33. The van der Waals surface area contributed by atoms with Gasteiger partial charge in [0, 0.05) is 0 Å².